The zero-order valence-electron chi connectivity index (χ0n) is 31.2. The first-order chi connectivity index (χ1) is 27.0. The van der Waals surface area contributed by atoms with Crippen LogP contribution in [0.25, 0.3) is 66.1 Å². The predicted molar refractivity (Wildman–Crippen MR) is 235 cm³/mol. The molecule has 0 radical (unpaired) electrons. The molecule has 0 saturated carbocycles. The molecular weight excluding hydrogens is 665 g/mol. The van der Waals surface area contributed by atoms with Crippen molar-refractivity contribution >= 4 is 72.8 Å². The van der Waals surface area contributed by atoms with Crippen LogP contribution in [0.2, 0.25) is 0 Å². The van der Waals surface area contributed by atoms with E-state index in [0.717, 1.165) is 5.69 Å². The summed E-state index contributed by atoms with van der Waals surface area (Å²) in [5, 5.41) is 5.04. The summed E-state index contributed by atoms with van der Waals surface area (Å²) in [5.41, 5.74) is 18.7. The van der Waals surface area contributed by atoms with Crippen LogP contribution in [-0.4, -0.2) is 16.0 Å². The molecular formula is C51H38BN3. The third kappa shape index (κ3) is 4.71. The second-order valence-electron chi connectivity index (χ2n) is 15.1. The van der Waals surface area contributed by atoms with E-state index in [1.54, 1.807) is 0 Å². The number of aromatic nitrogens is 2. The van der Waals surface area contributed by atoms with Crippen molar-refractivity contribution in [3.8, 4) is 22.5 Å². The summed E-state index contributed by atoms with van der Waals surface area (Å²) in [6.45, 7) is 6.72. The first-order valence-corrected chi connectivity index (χ1v) is 19.2. The second kappa shape index (κ2) is 12.1. The third-order valence-electron chi connectivity index (χ3n) is 11.8. The minimum Gasteiger partial charge on any atom is -0.376 e. The van der Waals surface area contributed by atoms with E-state index in [1.807, 2.05) is 0 Å². The third-order valence-corrected chi connectivity index (χ3v) is 11.8. The number of anilines is 2. The van der Waals surface area contributed by atoms with Gasteiger partial charge in [-0.2, -0.15) is 0 Å². The SMILES string of the molecule is Cc1cc(C)c(B2c3cc4c(cc3-c3cc5c6ccccc6n(-c6ccccc6)c5cc3N2c2ccccc2)c2ccccc2n4-c2ccccc2)c(C)c1. The molecule has 0 aliphatic carbocycles. The van der Waals surface area contributed by atoms with Crippen molar-refractivity contribution < 1.29 is 0 Å². The van der Waals surface area contributed by atoms with E-state index in [4.69, 9.17) is 0 Å². The second-order valence-corrected chi connectivity index (χ2v) is 15.1. The van der Waals surface area contributed by atoms with Crippen LogP contribution in [0.5, 0.6) is 0 Å². The smallest absolute Gasteiger partial charge is 0.329 e. The van der Waals surface area contributed by atoms with Crippen LogP contribution in [0.4, 0.5) is 11.4 Å². The normalized spacial score (nSPS) is 12.6. The van der Waals surface area contributed by atoms with E-state index in [2.05, 4.69) is 211 Å². The van der Waals surface area contributed by atoms with Crippen LogP contribution in [0.3, 0.4) is 0 Å². The highest BCUT2D eigenvalue weighted by atomic mass is 15.1. The van der Waals surface area contributed by atoms with Crippen LogP contribution in [0, 0.1) is 20.8 Å². The summed E-state index contributed by atoms with van der Waals surface area (Å²) in [5.74, 6) is 0. The van der Waals surface area contributed by atoms with Crippen molar-refractivity contribution in [2.75, 3.05) is 4.81 Å². The number of rotatable bonds is 4. The molecule has 0 N–H and O–H groups in total. The molecule has 11 rings (SSSR count). The number of fused-ring (bicyclic) bond motifs is 9. The van der Waals surface area contributed by atoms with E-state index < -0.39 is 0 Å². The summed E-state index contributed by atoms with van der Waals surface area (Å²) in [6.07, 6.45) is 0. The van der Waals surface area contributed by atoms with Crippen molar-refractivity contribution in [1.29, 1.82) is 0 Å². The molecule has 0 atom stereocenters. The van der Waals surface area contributed by atoms with Crippen molar-refractivity contribution in [3.63, 3.8) is 0 Å². The number of hydrogen-bond acceptors (Lipinski definition) is 1. The van der Waals surface area contributed by atoms with Gasteiger partial charge >= 0.3 is 6.85 Å². The minimum atomic E-state index is -0.0795. The Labute approximate surface area is 321 Å². The topological polar surface area (TPSA) is 13.1 Å². The Morgan fingerprint density at radius 2 is 0.836 bits per heavy atom. The Morgan fingerprint density at radius 1 is 0.382 bits per heavy atom. The summed E-state index contributed by atoms with van der Waals surface area (Å²) in [4.78, 5) is 2.62. The number of nitrogens with zero attached hydrogens (tertiary/aromatic N) is 3. The molecule has 8 aromatic carbocycles. The average molecular weight is 704 g/mol. The van der Waals surface area contributed by atoms with Gasteiger partial charge in [0.05, 0.1) is 22.1 Å². The molecule has 10 aromatic rings. The van der Waals surface area contributed by atoms with Gasteiger partial charge < -0.3 is 13.9 Å². The fraction of sp³-hybridized carbons (Fsp3) is 0.0588. The molecule has 0 unspecified atom stereocenters. The lowest BCUT2D eigenvalue weighted by molar-refractivity contribution is 1.18. The highest BCUT2D eigenvalue weighted by Crippen LogP contribution is 2.46. The Balaban J connectivity index is 1.33. The van der Waals surface area contributed by atoms with E-state index in [9.17, 15) is 0 Å². The van der Waals surface area contributed by atoms with E-state index in [1.165, 1.54) is 99.4 Å². The van der Waals surface area contributed by atoms with Crippen molar-refractivity contribution in [2.24, 2.45) is 0 Å². The van der Waals surface area contributed by atoms with Crippen molar-refractivity contribution in [1.82, 2.24) is 9.13 Å². The van der Waals surface area contributed by atoms with E-state index >= 15 is 0 Å². The van der Waals surface area contributed by atoms with Crippen molar-refractivity contribution in [2.45, 2.75) is 20.8 Å². The zero-order valence-corrected chi connectivity index (χ0v) is 31.2. The summed E-state index contributed by atoms with van der Waals surface area (Å²) >= 11 is 0. The predicted octanol–water partition coefficient (Wildman–Crippen LogP) is 11.7. The van der Waals surface area contributed by atoms with Gasteiger partial charge in [-0.25, -0.2) is 0 Å². The molecule has 1 aliphatic heterocycles. The average Bonchev–Trinajstić information content (AvgIpc) is 3.72. The van der Waals surface area contributed by atoms with Crippen LogP contribution in [0.1, 0.15) is 16.7 Å². The van der Waals surface area contributed by atoms with Crippen LogP contribution < -0.4 is 15.7 Å². The number of benzene rings is 8. The Kier molecular flexibility index (Phi) is 6.99. The fourth-order valence-electron chi connectivity index (χ4n) is 9.68. The maximum atomic E-state index is 2.62. The summed E-state index contributed by atoms with van der Waals surface area (Å²) in [6, 6.07) is 65.1. The largest absolute Gasteiger partial charge is 0.376 e. The van der Waals surface area contributed by atoms with Crippen LogP contribution >= 0.6 is 0 Å². The van der Waals surface area contributed by atoms with Gasteiger partial charge in [0.25, 0.3) is 0 Å². The van der Waals surface area contributed by atoms with E-state index in [0.29, 0.717) is 0 Å². The molecule has 0 saturated heterocycles. The highest BCUT2D eigenvalue weighted by molar-refractivity contribution is 6.91. The maximum absolute atomic E-state index is 2.62. The first kappa shape index (κ1) is 31.7. The van der Waals surface area contributed by atoms with Gasteiger partial charge in [-0.15, -0.1) is 0 Å². The lowest BCUT2D eigenvalue weighted by Gasteiger charge is -2.40. The molecule has 260 valence electrons. The monoisotopic (exact) mass is 703 g/mol. The van der Waals surface area contributed by atoms with Gasteiger partial charge in [-0.05, 0) is 110 Å². The molecule has 3 nitrogen and oxygen atoms in total. The van der Waals surface area contributed by atoms with Gasteiger partial charge in [0.2, 0.25) is 0 Å². The Bertz CT molecular complexity index is 3100. The lowest BCUT2D eigenvalue weighted by atomic mass is 9.44. The molecule has 2 aromatic heterocycles. The Morgan fingerprint density at radius 3 is 1.38 bits per heavy atom. The minimum absolute atomic E-state index is 0.0795. The number of aryl methyl sites for hydroxylation is 3. The molecule has 0 fully saturated rings. The zero-order chi connectivity index (χ0) is 36.8. The Hall–Kier alpha value is -6.78. The standard InChI is InChI=1S/C51H38BN3/c1-33-27-34(2)51(35(3)28-33)52-45-31-48-42(39-23-13-15-25-46(39)53(48)36-17-7-4-8-18-36)29-41(45)44-30-43-40-24-14-16-26-47(40)54(37-19-9-5-10-20-37)49(43)32-50(44)55(52)38-21-11-6-12-22-38/h4-32H,1-3H3. The summed E-state index contributed by atoms with van der Waals surface area (Å²) in [7, 11) is 0. The molecule has 1 aliphatic rings. The number of para-hydroxylation sites is 5. The van der Waals surface area contributed by atoms with Crippen LogP contribution in [0.15, 0.2) is 176 Å². The molecule has 0 spiro atoms. The van der Waals surface area contributed by atoms with Gasteiger partial charge in [-0.3, -0.25) is 0 Å². The van der Waals surface area contributed by atoms with Gasteiger partial charge in [0, 0.05) is 49.9 Å². The lowest BCUT2D eigenvalue weighted by Crippen LogP contribution is -2.59. The van der Waals surface area contributed by atoms with Crippen LogP contribution in [-0.2, 0) is 0 Å². The maximum Gasteiger partial charge on any atom is 0.329 e. The molecule has 0 bridgehead atoms. The highest BCUT2D eigenvalue weighted by Gasteiger charge is 2.40. The first-order valence-electron chi connectivity index (χ1n) is 19.2. The molecule has 0 amide bonds. The molecule has 55 heavy (non-hydrogen) atoms. The fourth-order valence-corrected chi connectivity index (χ4v) is 9.68. The summed E-state index contributed by atoms with van der Waals surface area (Å²) < 4.78 is 4.90. The van der Waals surface area contributed by atoms with Gasteiger partial charge in [0.15, 0.2) is 0 Å². The number of hydrogen-bond donors (Lipinski definition) is 0. The van der Waals surface area contributed by atoms with Gasteiger partial charge in [0.1, 0.15) is 0 Å². The van der Waals surface area contributed by atoms with E-state index in [-0.39, 0.29) is 6.85 Å². The molecule has 3 heterocycles. The molecule has 4 heteroatoms. The van der Waals surface area contributed by atoms with Gasteiger partial charge in [-0.1, -0.05) is 120 Å². The van der Waals surface area contributed by atoms with Crippen molar-refractivity contribution in [3.05, 3.63) is 193 Å². The quantitative estimate of drug-likeness (QED) is 0.166.